The van der Waals surface area contributed by atoms with E-state index in [0.29, 0.717) is 0 Å². The lowest BCUT2D eigenvalue weighted by molar-refractivity contribution is 0.487. The lowest BCUT2D eigenvalue weighted by Gasteiger charge is -2.24. The second-order valence-corrected chi connectivity index (χ2v) is 25.2. The maximum absolute atomic E-state index is 7.17. The number of rotatable bonds is 5. The number of fused-ring (bicyclic) bond motifs is 14. The molecular weight excluding hydrogens is 1090 g/mol. The van der Waals surface area contributed by atoms with Crippen LogP contribution in [0, 0.1) is 0 Å². The summed E-state index contributed by atoms with van der Waals surface area (Å²) >= 11 is 0. The van der Waals surface area contributed by atoms with Gasteiger partial charge in [-0.25, -0.2) is 0 Å². The van der Waals surface area contributed by atoms with E-state index in [1.807, 2.05) is 0 Å². The predicted octanol–water partition coefficient (Wildman–Crippen LogP) is 24.7. The Morgan fingerprint density at radius 1 is 0.244 bits per heavy atom. The highest BCUT2D eigenvalue weighted by Crippen LogP contribution is 2.57. The zero-order chi connectivity index (χ0) is 59.1. The zero-order valence-electron chi connectivity index (χ0n) is 49.3. The first-order chi connectivity index (χ1) is 44.4. The Morgan fingerprint density at radius 2 is 0.667 bits per heavy atom. The van der Waals surface area contributed by atoms with Gasteiger partial charge in [-0.05, 0) is 192 Å². The summed E-state index contributed by atoms with van der Waals surface area (Å²) in [5.41, 5.74) is 23.1. The van der Waals surface area contributed by atoms with Crippen molar-refractivity contribution in [3.8, 4) is 112 Å². The molecule has 0 bridgehead atoms. The highest BCUT2D eigenvalue weighted by molar-refractivity contribution is 6.28. The van der Waals surface area contributed by atoms with Gasteiger partial charge in [0.25, 0.3) is 0 Å². The molecule has 0 N–H and O–H groups in total. The smallest absolute Gasteiger partial charge is 0.143 e. The highest BCUT2D eigenvalue weighted by atomic mass is 16.5. The van der Waals surface area contributed by atoms with Gasteiger partial charge in [-0.3, -0.25) is 0 Å². The zero-order valence-corrected chi connectivity index (χ0v) is 49.3. The van der Waals surface area contributed by atoms with Crippen LogP contribution in [0.25, 0.3) is 176 Å². The highest BCUT2D eigenvalue weighted by Gasteiger charge is 2.36. The molecule has 0 spiro atoms. The van der Waals surface area contributed by atoms with Crippen molar-refractivity contribution in [2.45, 2.75) is 19.3 Å². The van der Waals surface area contributed by atoms with Gasteiger partial charge in [-0.2, -0.15) is 0 Å². The fourth-order valence-corrected chi connectivity index (χ4v) is 16.3. The van der Waals surface area contributed by atoms with Crippen molar-refractivity contribution >= 4 is 86.6 Å². The van der Waals surface area contributed by atoms with Crippen molar-refractivity contribution in [2.24, 2.45) is 0 Å². The molecule has 3 nitrogen and oxygen atoms in total. The average Bonchev–Trinajstić information content (AvgIpc) is 1.10. The van der Waals surface area contributed by atoms with Crippen LogP contribution in [0.2, 0.25) is 0 Å². The molecule has 0 unspecified atom stereocenters. The molecule has 0 amide bonds. The Labute approximate surface area is 518 Å². The molecule has 20 rings (SSSR count). The van der Waals surface area contributed by atoms with E-state index in [-0.39, 0.29) is 5.41 Å². The van der Waals surface area contributed by atoms with Crippen LogP contribution in [0.15, 0.2) is 283 Å². The first-order valence-electron chi connectivity index (χ1n) is 31.2. The Morgan fingerprint density at radius 3 is 1.29 bits per heavy atom. The lowest BCUT2D eigenvalue weighted by Crippen LogP contribution is -2.14. The second kappa shape index (κ2) is 18.3. The minimum absolute atomic E-state index is 0.0632. The molecule has 3 aliphatic rings. The van der Waals surface area contributed by atoms with E-state index in [1.165, 1.54) is 104 Å². The van der Waals surface area contributed by atoms with Crippen molar-refractivity contribution < 1.29 is 13.9 Å². The van der Waals surface area contributed by atoms with Crippen LogP contribution in [-0.4, -0.2) is 0 Å². The van der Waals surface area contributed by atoms with Crippen LogP contribution < -0.4 is 9.47 Å². The number of para-hydroxylation sites is 1. The molecule has 2 aliphatic heterocycles. The molecule has 0 radical (unpaired) electrons. The van der Waals surface area contributed by atoms with Crippen LogP contribution in [0.3, 0.4) is 0 Å². The van der Waals surface area contributed by atoms with Crippen molar-refractivity contribution in [1.82, 2.24) is 0 Å². The van der Waals surface area contributed by atoms with Gasteiger partial charge in [0.2, 0.25) is 0 Å². The van der Waals surface area contributed by atoms with Gasteiger partial charge in [0.05, 0.1) is 0 Å². The fraction of sp³-hybridized carbons (Fsp3) is 0.0345. The summed E-state index contributed by atoms with van der Waals surface area (Å²) in [6, 6.07) is 102. The van der Waals surface area contributed by atoms with Crippen LogP contribution in [-0.2, 0) is 5.41 Å². The monoisotopic (exact) mass is 1140 g/mol. The first kappa shape index (κ1) is 49.6. The van der Waals surface area contributed by atoms with Gasteiger partial charge >= 0.3 is 0 Å². The molecule has 1 aliphatic carbocycles. The Kier molecular flexibility index (Phi) is 10.1. The number of hydrogen-bond acceptors (Lipinski definition) is 3. The molecule has 90 heavy (non-hydrogen) atoms. The number of ether oxygens (including phenoxy) is 2. The lowest BCUT2D eigenvalue weighted by atomic mass is 9.81. The molecule has 418 valence electrons. The summed E-state index contributed by atoms with van der Waals surface area (Å²) in [6.07, 6.45) is 0. The largest absolute Gasteiger partial charge is 0.456 e. The topological polar surface area (TPSA) is 31.6 Å². The molecule has 16 aromatic carbocycles. The molecule has 0 fully saturated rings. The number of hydrogen-bond donors (Lipinski definition) is 0. The maximum atomic E-state index is 7.17. The van der Waals surface area contributed by atoms with E-state index < -0.39 is 0 Å². The van der Waals surface area contributed by atoms with E-state index in [1.54, 1.807) is 0 Å². The van der Waals surface area contributed by atoms with Crippen LogP contribution in [0.5, 0.6) is 23.0 Å². The van der Waals surface area contributed by atoms with Gasteiger partial charge in [0.1, 0.15) is 34.2 Å². The maximum Gasteiger partial charge on any atom is 0.143 e. The summed E-state index contributed by atoms with van der Waals surface area (Å²) < 4.78 is 21.1. The SMILES string of the molecule is CC1(C)c2ccccc2-c2cc(-c3c4ccccc4c(-c4ccc5c(c4)Oc4cccc6c(-c7ccc(-c8c9ccccc9c(-c9ccc%10c(c9)Oc9cccc%11cccc-%10c9%11)c9ccccc89)c8c7oc7ccccc78)ccc-5c46)c4ccccc34)ccc21. The second-order valence-electron chi connectivity index (χ2n) is 25.2. The van der Waals surface area contributed by atoms with Gasteiger partial charge in [0, 0.05) is 43.7 Å². The van der Waals surface area contributed by atoms with Crippen LogP contribution in [0.4, 0.5) is 0 Å². The van der Waals surface area contributed by atoms with Crippen LogP contribution in [0.1, 0.15) is 25.0 Å². The Balaban J connectivity index is 0.722. The van der Waals surface area contributed by atoms with E-state index in [4.69, 9.17) is 13.9 Å². The van der Waals surface area contributed by atoms with E-state index in [2.05, 4.69) is 293 Å². The molecule has 3 heterocycles. The average molecular weight is 1150 g/mol. The molecule has 3 heteroatoms. The summed E-state index contributed by atoms with van der Waals surface area (Å²) in [5.74, 6) is 3.44. The summed E-state index contributed by atoms with van der Waals surface area (Å²) in [6.45, 7) is 4.70. The molecule has 1 aromatic heterocycles. The molecule has 0 saturated carbocycles. The van der Waals surface area contributed by atoms with Crippen molar-refractivity contribution in [3.05, 3.63) is 290 Å². The summed E-state index contributed by atoms with van der Waals surface area (Å²) in [4.78, 5) is 0. The number of benzene rings is 16. The molecule has 0 saturated heterocycles. The van der Waals surface area contributed by atoms with Crippen LogP contribution >= 0.6 is 0 Å². The van der Waals surface area contributed by atoms with Gasteiger partial charge < -0.3 is 13.9 Å². The van der Waals surface area contributed by atoms with Crippen molar-refractivity contribution in [1.29, 1.82) is 0 Å². The minimum atomic E-state index is -0.0632. The predicted molar refractivity (Wildman–Crippen MR) is 375 cm³/mol. The summed E-state index contributed by atoms with van der Waals surface area (Å²) in [5, 5.41) is 16.3. The normalized spacial score (nSPS) is 13.3. The third-order valence-electron chi connectivity index (χ3n) is 20.3. The van der Waals surface area contributed by atoms with Gasteiger partial charge in [-0.1, -0.05) is 238 Å². The van der Waals surface area contributed by atoms with Gasteiger partial charge in [-0.15, -0.1) is 0 Å². The quantitative estimate of drug-likeness (QED) is 0.161. The minimum Gasteiger partial charge on any atom is -0.456 e. The molecule has 0 atom stereocenters. The third-order valence-corrected chi connectivity index (χ3v) is 20.3. The van der Waals surface area contributed by atoms with E-state index in [9.17, 15) is 0 Å². The standard InChI is InChI=1S/C87H52O3/c1-87(2)72-32-13-11-20-54(72)71-46-50(38-45-73(71)87)79-59-21-3-5-23-61(59)80(62-24-6-4-22-60(62)79)51-37-40-56-67-42-41-53(57-31-17-35-76(84(57)67)89-78(56)48-51)68-43-44-70(85-69-29-12-14-33-74(69)90-86(68)85)83-65-27-9-7-25-63(65)81(64-26-8-10-28-66(64)83)52-36-39-55-58-30-15-18-49-19-16-34-75(82(49)58)88-77(55)47-52/h3-48H,1-2H3. The number of furan rings is 1. The Bertz CT molecular complexity index is 5950. The van der Waals surface area contributed by atoms with E-state index >= 15 is 0 Å². The molecular formula is C87H52O3. The van der Waals surface area contributed by atoms with Crippen molar-refractivity contribution in [3.63, 3.8) is 0 Å². The van der Waals surface area contributed by atoms with Crippen molar-refractivity contribution in [2.75, 3.05) is 0 Å². The molecule has 17 aromatic rings. The summed E-state index contributed by atoms with van der Waals surface area (Å²) in [7, 11) is 0. The van der Waals surface area contributed by atoms with E-state index in [0.717, 1.165) is 106 Å². The first-order valence-corrected chi connectivity index (χ1v) is 31.2. The fourth-order valence-electron chi connectivity index (χ4n) is 16.3. The Hall–Kier alpha value is -11.5. The third kappa shape index (κ3) is 6.78. The van der Waals surface area contributed by atoms with Gasteiger partial charge in [0.15, 0.2) is 0 Å².